The van der Waals surface area contributed by atoms with Gasteiger partial charge in [-0.2, -0.15) is 8.42 Å². The lowest BCUT2D eigenvalue weighted by Gasteiger charge is -2.11. The van der Waals surface area contributed by atoms with Crippen LogP contribution in [0.2, 0.25) is 0 Å². The number of rotatable bonds is 6. The van der Waals surface area contributed by atoms with Gasteiger partial charge in [-0.1, -0.05) is 22.0 Å². The van der Waals surface area contributed by atoms with Crippen LogP contribution >= 0.6 is 15.9 Å². The maximum Gasteiger partial charge on any atom is 0.342 e. The zero-order valence-corrected chi connectivity index (χ0v) is 16.0. The summed E-state index contributed by atoms with van der Waals surface area (Å²) in [5, 5.41) is 0. The van der Waals surface area contributed by atoms with Gasteiger partial charge in [0.15, 0.2) is 0 Å². The topological polar surface area (TPSA) is 74.7 Å². The third kappa shape index (κ3) is 4.33. The van der Waals surface area contributed by atoms with Crippen molar-refractivity contribution in [2.45, 2.75) is 4.90 Å². The summed E-state index contributed by atoms with van der Waals surface area (Å²) in [6.07, 6.45) is 1.62. The van der Waals surface area contributed by atoms with Crippen molar-refractivity contribution in [2.24, 2.45) is 0 Å². The van der Waals surface area contributed by atoms with Crippen LogP contribution in [0.1, 0.15) is 0 Å². The number of pyridine rings is 1. The number of hydrogen-bond acceptors (Lipinski definition) is 6. The summed E-state index contributed by atoms with van der Waals surface area (Å²) in [4.78, 5) is 3.99. The molecule has 1 aromatic heterocycles. The highest BCUT2D eigenvalue weighted by Gasteiger charge is 2.22. The lowest BCUT2D eigenvalue weighted by molar-refractivity contribution is 0.398. The Morgan fingerprint density at radius 3 is 2.35 bits per heavy atom. The summed E-state index contributed by atoms with van der Waals surface area (Å²) in [6.45, 7) is 0. The van der Waals surface area contributed by atoms with E-state index in [0.29, 0.717) is 16.1 Å². The SMILES string of the molecule is COc1ccc(Br)cc1S(=O)(=O)Oc1ccc(Oc2ccccn2)cc1. The average Bonchev–Trinajstić information content (AvgIpc) is 2.64. The minimum absolute atomic E-state index is 0.0665. The van der Waals surface area contributed by atoms with Gasteiger partial charge < -0.3 is 13.7 Å². The molecule has 0 saturated heterocycles. The third-order valence-electron chi connectivity index (χ3n) is 3.28. The Labute approximate surface area is 159 Å². The van der Waals surface area contributed by atoms with Gasteiger partial charge in [0.1, 0.15) is 22.1 Å². The van der Waals surface area contributed by atoms with Gasteiger partial charge in [0.05, 0.1) is 7.11 Å². The Balaban J connectivity index is 1.79. The normalized spacial score (nSPS) is 11.0. The fourth-order valence-electron chi connectivity index (χ4n) is 2.11. The first-order valence-electron chi connectivity index (χ1n) is 7.45. The lowest BCUT2D eigenvalue weighted by Crippen LogP contribution is -2.11. The molecule has 0 saturated carbocycles. The molecule has 0 amide bonds. The highest BCUT2D eigenvalue weighted by atomic mass is 79.9. The van der Waals surface area contributed by atoms with Crippen LogP contribution in [-0.2, 0) is 10.1 Å². The average molecular weight is 436 g/mol. The van der Waals surface area contributed by atoms with Gasteiger partial charge in [-0.3, -0.25) is 0 Å². The van der Waals surface area contributed by atoms with E-state index < -0.39 is 10.1 Å². The quantitative estimate of drug-likeness (QED) is 0.533. The van der Waals surface area contributed by atoms with Gasteiger partial charge in [0, 0.05) is 16.7 Å². The maximum absolute atomic E-state index is 12.5. The molecule has 8 heteroatoms. The Bertz CT molecular complexity index is 992. The number of hydrogen-bond donors (Lipinski definition) is 0. The first-order chi connectivity index (χ1) is 12.5. The molecule has 0 aliphatic heterocycles. The molecule has 0 N–H and O–H groups in total. The number of ether oxygens (including phenoxy) is 2. The van der Waals surface area contributed by atoms with Crippen molar-refractivity contribution in [1.29, 1.82) is 0 Å². The van der Waals surface area contributed by atoms with Gasteiger partial charge in [0.25, 0.3) is 0 Å². The molecule has 134 valence electrons. The zero-order chi connectivity index (χ0) is 18.6. The largest absolute Gasteiger partial charge is 0.495 e. The second-order valence-corrected chi connectivity index (χ2v) is 7.50. The first kappa shape index (κ1) is 18.2. The van der Waals surface area contributed by atoms with Crippen LogP contribution in [-0.4, -0.2) is 20.5 Å². The van der Waals surface area contributed by atoms with Crippen molar-refractivity contribution >= 4 is 26.0 Å². The summed E-state index contributed by atoms with van der Waals surface area (Å²) >= 11 is 3.25. The monoisotopic (exact) mass is 435 g/mol. The second kappa shape index (κ2) is 7.76. The molecule has 0 bridgehead atoms. The number of halogens is 1. The molecular formula is C18H14BrNO5S. The molecule has 2 aromatic carbocycles. The smallest absolute Gasteiger partial charge is 0.342 e. The summed E-state index contributed by atoms with van der Waals surface area (Å²) in [5.41, 5.74) is 0. The number of benzene rings is 2. The van der Waals surface area contributed by atoms with Crippen LogP contribution in [0.25, 0.3) is 0 Å². The Hall–Kier alpha value is -2.58. The molecule has 0 aliphatic carbocycles. The molecule has 0 radical (unpaired) electrons. The van der Waals surface area contributed by atoms with Crippen LogP contribution in [0.4, 0.5) is 0 Å². The van der Waals surface area contributed by atoms with E-state index in [4.69, 9.17) is 13.7 Å². The minimum atomic E-state index is -4.06. The van der Waals surface area contributed by atoms with E-state index in [9.17, 15) is 8.42 Å². The van der Waals surface area contributed by atoms with Crippen molar-refractivity contribution in [2.75, 3.05) is 7.11 Å². The third-order valence-corrected chi connectivity index (χ3v) is 5.05. The van der Waals surface area contributed by atoms with Gasteiger partial charge >= 0.3 is 10.1 Å². The fourth-order valence-corrected chi connectivity index (χ4v) is 3.74. The van der Waals surface area contributed by atoms with Gasteiger partial charge in [-0.25, -0.2) is 4.98 Å². The van der Waals surface area contributed by atoms with Gasteiger partial charge in [0.2, 0.25) is 5.88 Å². The lowest BCUT2D eigenvalue weighted by atomic mass is 10.3. The predicted octanol–water partition coefficient (Wildman–Crippen LogP) is 4.41. The van der Waals surface area contributed by atoms with Crippen molar-refractivity contribution in [3.05, 3.63) is 71.3 Å². The first-order valence-corrected chi connectivity index (χ1v) is 9.65. The van der Waals surface area contributed by atoms with Crippen molar-refractivity contribution in [1.82, 2.24) is 4.98 Å². The van der Waals surface area contributed by atoms with E-state index in [-0.39, 0.29) is 16.4 Å². The summed E-state index contributed by atoms with van der Waals surface area (Å²) in [5.74, 6) is 1.30. The highest BCUT2D eigenvalue weighted by Crippen LogP contribution is 2.30. The van der Waals surface area contributed by atoms with Gasteiger partial charge in [-0.05, 0) is 48.5 Å². The summed E-state index contributed by atoms with van der Waals surface area (Å²) < 4.78 is 41.5. The van der Waals surface area contributed by atoms with Gasteiger partial charge in [-0.15, -0.1) is 0 Å². The van der Waals surface area contributed by atoms with Crippen molar-refractivity contribution in [3.63, 3.8) is 0 Å². The summed E-state index contributed by atoms with van der Waals surface area (Å²) in [7, 11) is -2.66. The van der Waals surface area contributed by atoms with Crippen LogP contribution < -0.4 is 13.7 Å². The molecular weight excluding hydrogens is 422 g/mol. The van der Waals surface area contributed by atoms with E-state index >= 15 is 0 Å². The number of nitrogens with zero attached hydrogens (tertiary/aromatic N) is 1. The van der Waals surface area contributed by atoms with E-state index in [0.717, 1.165) is 0 Å². The Morgan fingerprint density at radius 2 is 1.69 bits per heavy atom. The number of methoxy groups -OCH3 is 1. The second-order valence-electron chi connectivity index (χ2n) is 5.07. The zero-order valence-electron chi connectivity index (χ0n) is 13.6. The van der Waals surface area contributed by atoms with E-state index in [1.807, 2.05) is 0 Å². The van der Waals surface area contributed by atoms with Crippen LogP contribution in [0, 0.1) is 0 Å². The molecule has 3 aromatic rings. The molecule has 6 nitrogen and oxygen atoms in total. The van der Waals surface area contributed by atoms with E-state index in [1.165, 1.54) is 25.3 Å². The molecule has 0 atom stereocenters. The van der Waals surface area contributed by atoms with E-state index in [1.54, 1.807) is 48.7 Å². The Morgan fingerprint density at radius 1 is 0.962 bits per heavy atom. The summed E-state index contributed by atoms with van der Waals surface area (Å²) in [6, 6.07) is 16.1. The van der Waals surface area contributed by atoms with E-state index in [2.05, 4.69) is 20.9 Å². The Kier molecular flexibility index (Phi) is 5.43. The molecule has 0 fully saturated rings. The van der Waals surface area contributed by atoms with Crippen molar-refractivity contribution < 1.29 is 22.1 Å². The molecule has 26 heavy (non-hydrogen) atoms. The minimum Gasteiger partial charge on any atom is -0.495 e. The van der Waals surface area contributed by atoms with Crippen LogP contribution in [0.15, 0.2) is 76.2 Å². The standard InChI is InChI=1S/C18H14BrNO5S/c1-23-16-10-5-13(19)12-17(16)26(21,22)25-15-8-6-14(7-9-15)24-18-4-2-3-11-20-18/h2-12H,1H3. The fraction of sp³-hybridized carbons (Fsp3) is 0.0556. The molecule has 1 heterocycles. The molecule has 3 rings (SSSR count). The number of aromatic nitrogens is 1. The molecule has 0 spiro atoms. The maximum atomic E-state index is 12.5. The molecule has 0 unspecified atom stereocenters. The highest BCUT2D eigenvalue weighted by molar-refractivity contribution is 9.10. The predicted molar refractivity (Wildman–Crippen MR) is 99.3 cm³/mol. The van der Waals surface area contributed by atoms with Crippen LogP contribution in [0.3, 0.4) is 0 Å². The van der Waals surface area contributed by atoms with Crippen LogP contribution in [0.5, 0.6) is 23.1 Å². The molecule has 0 aliphatic rings. The van der Waals surface area contributed by atoms with Crippen molar-refractivity contribution in [3.8, 4) is 23.1 Å².